The van der Waals surface area contributed by atoms with Gasteiger partial charge < -0.3 is 10.1 Å². The molecule has 6 nitrogen and oxygen atoms in total. The molecule has 0 aliphatic carbocycles. The van der Waals surface area contributed by atoms with Gasteiger partial charge in [-0.25, -0.2) is 4.79 Å². The zero-order chi connectivity index (χ0) is 16.2. The summed E-state index contributed by atoms with van der Waals surface area (Å²) in [4.78, 5) is 13.7. The van der Waals surface area contributed by atoms with Crippen molar-refractivity contribution in [1.82, 2.24) is 20.4 Å². The molecule has 0 spiro atoms. The number of hydrogen-bond acceptors (Lipinski definition) is 4. The van der Waals surface area contributed by atoms with Gasteiger partial charge in [0.2, 0.25) is 0 Å². The number of rotatable bonds is 5. The Hall–Kier alpha value is -2.08. The van der Waals surface area contributed by atoms with Gasteiger partial charge in [0.05, 0.1) is 11.2 Å². The van der Waals surface area contributed by atoms with Gasteiger partial charge in [-0.3, -0.25) is 10.00 Å². The Morgan fingerprint density at radius 1 is 1.36 bits per heavy atom. The second-order valence-electron chi connectivity index (χ2n) is 6.39. The number of aromatic nitrogens is 2. The molecule has 2 N–H and O–H groups in total. The highest BCUT2D eigenvalue weighted by Gasteiger charge is 2.15. The Morgan fingerprint density at radius 2 is 2.09 bits per heavy atom. The number of likely N-dealkylation sites (N-methyl/N-ethyl adjacent to an activating group) is 1. The Morgan fingerprint density at radius 3 is 2.82 bits per heavy atom. The van der Waals surface area contributed by atoms with Gasteiger partial charge >= 0.3 is 6.09 Å². The monoisotopic (exact) mass is 304 g/mol. The van der Waals surface area contributed by atoms with E-state index in [0.717, 1.165) is 29.7 Å². The number of nitrogens with one attached hydrogen (secondary N) is 2. The molecule has 1 heterocycles. The standard InChI is InChI=1S/C16H24N4O2/c1-16(2,3)22-15(21)17-9-10-20(4)11-14-12-7-5-6-8-13(12)18-19-14/h5-8H,9-11H2,1-4H3,(H,17,21)(H,18,19). The Kier molecular flexibility index (Phi) is 5.03. The van der Waals surface area contributed by atoms with E-state index >= 15 is 0 Å². The van der Waals surface area contributed by atoms with E-state index in [1.165, 1.54) is 0 Å². The van der Waals surface area contributed by atoms with E-state index < -0.39 is 5.60 Å². The molecule has 6 heteroatoms. The fraction of sp³-hybridized carbons (Fsp3) is 0.500. The van der Waals surface area contributed by atoms with Crippen LogP contribution in [-0.2, 0) is 11.3 Å². The van der Waals surface area contributed by atoms with E-state index in [0.29, 0.717) is 6.54 Å². The third-order valence-corrected chi connectivity index (χ3v) is 3.13. The molecule has 0 saturated carbocycles. The third kappa shape index (κ3) is 4.73. The molecular weight excluding hydrogens is 280 g/mol. The first kappa shape index (κ1) is 16.3. The highest BCUT2D eigenvalue weighted by molar-refractivity contribution is 5.81. The number of aromatic amines is 1. The number of amides is 1. The lowest BCUT2D eigenvalue weighted by Gasteiger charge is -2.21. The van der Waals surface area contributed by atoms with Crippen LogP contribution in [0.4, 0.5) is 4.79 Å². The normalized spacial score (nSPS) is 11.9. The summed E-state index contributed by atoms with van der Waals surface area (Å²) in [6, 6.07) is 8.02. The number of para-hydroxylation sites is 1. The summed E-state index contributed by atoms with van der Waals surface area (Å²) in [5, 5.41) is 11.2. The Balaban J connectivity index is 1.79. The minimum Gasteiger partial charge on any atom is -0.444 e. The van der Waals surface area contributed by atoms with E-state index in [1.54, 1.807) is 0 Å². The zero-order valence-electron chi connectivity index (χ0n) is 13.6. The van der Waals surface area contributed by atoms with Gasteiger partial charge in [0.25, 0.3) is 0 Å². The van der Waals surface area contributed by atoms with Crippen molar-refractivity contribution in [2.75, 3.05) is 20.1 Å². The molecule has 2 rings (SSSR count). The maximum atomic E-state index is 11.6. The summed E-state index contributed by atoms with van der Waals surface area (Å²) >= 11 is 0. The minimum atomic E-state index is -0.467. The molecule has 0 unspecified atom stereocenters. The van der Waals surface area contributed by atoms with Crippen LogP contribution in [0.2, 0.25) is 0 Å². The molecule has 120 valence electrons. The highest BCUT2D eigenvalue weighted by Crippen LogP contribution is 2.16. The highest BCUT2D eigenvalue weighted by atomic mass is 16.6. The van der Waals surface area contributed by atoms with Crippen molar-refractivity contribution >= 4 is 17.0 Å². The summed E-state index contributed by atoms with van der Waals surface area (Å²) in [6.07, 6.45) is -0.382. The summed E-state index contributed by atoms with van der Waals surface area (Å²) < 4.78 is 5.20. The molecule has 0 aliphatic heterocycles. The lowest BCUT2D eigenvalue weighted by Crippen LogP contribution is -2.36. The molecule has 0 atom stereocenters. The average Bonchev–Trinajstić information content (AvgIpc) is 2.80. The molecule has 0 saturated heterocycles. The van der Waals surface area contributed by atoms with Crippen LogP contribution in [0.15, 0.2) is 24.3 Å². The Bertz CT molecular complexity index is 630. The van der Waals surface area contributed by atoms with E-state index in [2.05, 4.69) is 26.5 Å². The summed E-state index contributed by atoms with van der Waals surface area (Å²) in [5.74, 6) is 0. The van der Waals surface area contributed by atoms with E-state index in [9.17, 15) is 4.79 Å². The minimum absolute atomic E-state index is 0.382. The summed E-state index contributed by atoms with van der Waals surface area (Å²) in [6.45, 7) is 7.56. The Labute approximate surface area is 130 Å². The lowest BCUT2D eigenvalue weighted by atomic mass is 10.2. The number of nitrogens with zero attached hydrogens (tertiary/aromatic N) is 2. The van der Waals surface area contributed by atoms with Crippen LogP contribution in [-0.4, -0.2) is 46.9 Å². The summed E-state index contributed by atoms with van der Waals surface area (Å²) in [7, 11) is 2.01. The SMILES string of the molecule is CN(CCNC(=O)OC(C)(C)C)Cc1[nH]nc2ccccc12. The maximum Gasteiger partial charge on any atom is 0.407 e. The molecule has 1 aromatic heterocycles. The van der Waals surface area contributed by atoms with Crippen molar-refractivity contribution in [1.29, 1.82) is 0 Å². The smallest absolute Gasteiger partial charge is 0.407 e. The number of carbonyl (C=O) groups excluding carboxylic acids is 1. The van der Waals surface area contributed by atoms with E-state index in [1.807, 2.05) is 46.0 Å². The first-order valence-electron chi connectivity index (χ1n) is 7.42. The van der Waals surface area contributed by atoms with Crippen LogP contribution in [0.25, 0.3) is 10.9 Å². The van der Waals surface area contributed by atoms with Crippen LogP contribution < -0.4 is 5.32 Å². The van der Waals surface area contributed by atoms with Crippen LogP contribution >= 0.6 is 0 Å². The van der Waals surface area contributed by atoms with Gasteiger partial charge in [0.15, 0.2) is 0 Å². The van der Waals surface area contributed by atoms with Gasteiger partial charge in [-0.15, -0.1) is 0 Å². The largest absolute Gasteiger partial charge is 0.444 e. The number of carbonyl (C=O) groups is 1. The van der Waals surface area contributed by atoms with Crippen LogP contribution in [0.5, 0.6) is 0 Å². The fourth-order valence-corrected chi connectivity index (χ4v) is 2.15. The van der Waals surface area contributed by atoms with Crippen molar-refractivity contribution < 1.29 is 9.53 Å². The number of alkyl carbamates (subject to hydrolysis) is 1. The van der Waals surface area contributed by atoms with Crippen molar-refractivity contribution in [2.24, 2.45) is 0 Å². The molecule has 0 aliphatic rings. The molecule has 0 fully saturated rings. The van der Waals surface area contributed by atoms with Gasteiger partial charge in [-0.1, -0.05) is 18.2 Å². The first-order chi connectivity index (χ1) is 10.3. The van der Waals surface area contributed by atoms with Crippen LogP contribution in [0.3, 0.4) is 0 Å². The molecule has 1 amide bonds. The summed E-state index contributed by atoms with van der Waals surface area (Å²) in [5.41, 5.74) is 1.58. The molecule has 0 radical (unpaired) electrons. The lowest BCUT2D eigenvalue weighted by molar-refractivity contribution is 0.0523. The fourth-order valence-electron chi connectivity index (χ4n) is 2.15. The quantitative estimate of drug-likeness (QED) is 0.890. The molecule has 2 aromatic rings. The second kappa shape index (κ2) is 6.79. The zero-order valence-corrected chi connectivity index (χ0v) is 13.6. The van der Waals surface area contributed by atoms with Crippen LogP contribution in [0, 0.1) is 0 Å². The molecular formula is C16H24N4O2. The molecule has 0 bridgehead atoms. The number of H-pyrrole nitrogens is 1. The van der Waals surface area contributed by atoms with Crippen LogP contribution in [0.1, 0.15) is 26.5 Å². The number of ether oxygens (including phenoxy) is 1. The van der Waals surface area contributed by atoms with E-state index in [4.69, 9.17) is 4.74 Å². The number of hydrogen-bond donors (Lipinski definition) is 2. The van der Waals surface area contributed by atoms with E-state index in [-0.39, 0.29) is 6.09 Å². The molecule has 1 aromatic carbocycles. The van der Waals surface area contributed by atoms with Gasteiger partial charge in [-0.2, -0.15) is 5.10 Å². The van der Waals surface area contributed by atoms with Crippen molar-refractivity contribution in [2.45, 2.75) is 32.9 Å². The average molecular weight is 304 g/mol. The first-order valence-corrected chi connectivity index (χ1v) is 7.42. The van der Waals surface area contributed by atoms with Crippen molar-refractivity contribution in [3.63, 3.8) is 0 Å². The number of benzene rings is 1. The van der Waals surface area contributed by atoms with Gasteiger partial charge in [-0.05, 0) is 33.9 Å². The topological polar surface area (TPSA) is 70.2 Å². The van der Waals surface area contributed by atoms with Crippen molar-refractivity contribution in [3.8, 4) is 0 Å². The van der Waals surface area contributed by atoms with Gasteiger partial charge in [0, 0.05) is 25.0 Å². The maximum absolute atomic E-state index is 11.6. The van der Waals surface area contributed by atoms with Gasteiger partial charge in [0.1, 0.15) is 5.60 Å². The predicted molar refractivity (Wildman–Crippen MR) is 86.7 cm³/mol. The number of fused-ring (bicyclic) bond motifs is 1. The predicted octanol–water partition coefficient (Wildman–Crippen LogP) is 2.52. The third-order valence-electron chi connectivity index (χ3n) is 3.13. The second-order valence-corrected chi connectivity index (χ2v) is 6.39. The molecule has 22 heavy (non-hydrogen) atoms. The van der Waals surface area contributed by atoms with Crippen molar-refractivity contribution in [3.05, 3.63) is 30.0 Å².